The molecule has 0 unspecified atom stereocenters. The number of aromatic nitrogens is 2. The number of hydrogen-bond donors (Lipinski definition) is 0. The lowest BCUT2D eigenvalue weighted by molar-refractivity contribution is -0.386. The van der Waals surface area contributed by atoms with E-state index in [2.05, 4.69) is 5.10 Å². The summed E-state index contributed by atoms with van der Waals surface area (Å²) in [6.07, 6.45) is 3.00. The first-order valence-electron chi connectivity index (χ1n) is 9.26. The summed E-state index contributed by atoms with van der Waals surface area (Å²) < 4.78 is 11.9. The van der Waals surface area contributed by atoms with Gasteiger partial charge in [0, 0.05) is 17.0 Å². The molecule has 0 atom stereocenters. The monoisotopic (exact) mass is 397 g/mol. The van der Waals surface area contributed by atoms with E-state index in [4.69, 9.17) is 9.15 Å². The Bertz CT molecular complexity index is 1210. The second-order valence-corrected chi connectivity index (χ2v) is 7.16. The number of nitro groups is 1. The summed E-state index contributed by atoms with van der Waals surface area (Å²) in [6.45, 7) is 2.69. The summed E-state index contributed by atoms with van der Waals surface area (Å²) in [5.41, 5.74) is 3.35. The summed E-state index contributed by atoms with van der Waals surface area (Å²) in [5, 5.41) is 15.9. The van der Waals surface area contributed by atoms with Gasteiger partial charge in [-0.15, -0.1) is 0 Å². The van der Waals surface area contributed by atoms with E-state index in [0.717, 1.165) is 24.6 Å². The fourth-order valence-electron chi connectivity index (χ4n) is 3.85. The Morgan fingerprint density at radius 2 is 2.00 bits per heavy atom. The van der Waals surface area contributed by atoms with E-state index in [9.17, 15) is 19.7 Å². The van der Waals surface area contributed by atoms with E-state index in [1.54, 1.807) is 0 Å². The number of esters is 1. The van der Waals surface area contributed by atoms with Crippen LogP contribution >= 0.6 is 0 Å². The molecule has 0 bridgehead atoms. The second-order valence-electron chi connectivity index (χ2n) is 7.16. The van der Waals surface area contributed by atoms with E-state index in [-0.39, 0.29) is 30.2 Å². The molecule has 2 aromatic heterocycles. The van der Waals surface area contributed by atoms with Crippen LogP contribution in [0.4, 0.5) is 5.69 Å². The molecule has 2 heterocycles. The summed E-state index contributed by atoms with van der Waals surface area (Å²) >= 11 is 0. The van der Waals surface area contributed by atoms with E-state index in [0.29, 0.717) is 11.1 Å². The lowest BCUT2D eigenvalue weighted by Gasteiger charge is -2.09. The van der Waals surface area contributed by atoms with Crippen molar-refractivity contribution in [2.75, 3.05) is 0 Å². The molecule has 1 aromatic carbocycles. The van der Waals surface area contributed by atoms with Crippen molar-refractivity contribution in [1.82, 2.24) is 9.78 Å². The molecule has 0 spiro atoms. The number of carbonyl (C=O) groups excluding carboxylic acids is 1. The first-order chi connectivity index (χ1) is 13.8. The van der Waals surface area contributed by atoms with E-state index in [1.165, 1.54) is 35.7 Å². The van der Waals surface area contributed by atoms with Gasteiger partial charge < -0.3 is 9.15 Å². The van der Waals surface area contributed by atoms with E-state index >= 15 is 0 Å². The molecule has 1 aliphatic carbocycles. The summed E-state index contributed by atoms with van der Waals surface area (Å²) in [4.78, 5) is 34.8. The molecule has 0 radical (unpaired) electrons. The van der Waals surface area contributed by atoms with Gasteiger partial charge in [-0.2, -0.15) is 5.10 Å². The molecule has 1 aliphatic rings. The van der Waals surface area contributed by atoms with Crippen molar-refractivity contribution < 1.29 is 18.9 Å². The average Bonchev–Trinajstić information content (AvgIpc) is 3.21. The van der Waals surface area contributed by atoms with Crippen LogP contribution in [0.1, 0.15) is 34.5 Å². The molecule has 0 amide bonds. The first-order valence-corrected chi connectivity index (χ1v) is 9.26. The number of carbonyl (C=O) groups is 1. The minimum atomic E-state index is -0.604. The largest absolute Gasteiger partial charge is 0.459 e. The molecule has 0 saturated heterocycles. The molecule has 9 heteroatoms. The molecule has 0 N–H and O–H groups in total. The molecule has 3 aromatic rings. The number of fused-ring (bicyclic) bond motifs is 2. The molecule has 0 fully saturated rings. The number of rotatable bonds is 5. The highest BCUT2D eigenvalue weighted by atomic mass is 16.6. The van der Waals surface area contributed by atoms with Crippen LogP contribution < -0.4 is 5.63 Å². The standard InChI is InChI=1S/C20H19N3O6/c1-11-20(23(26)27)12(2)22(21-11)9-19(25)28-10-15-8-18(24)29-17-7-14-5-3-4-13(14)6-16(15)17/h6-8H,3-5,9-10H2,1-2H3. The van der Waals surface area contributed by atoms with Gasteiger partial charge in [0.2, 0.25) is 0 Å². The van der Waals surface area contributed by atoms with Crippen LogP contribution in [0.5, 0.6) is 0 Å². The zero-order valence-electron chi connectivity index (χ0n) is 16.1. The van der Waals surface area contributed by atoms with Crippen molar-refractivity contribution >= 4 is 22.6 Å². The minimum absolute atomic E-state index is 0.0961. The van der Waals surface area contributed by atoms with Crippen LogP contribution in [0.2, 0.25) is 0 Å². The van der Waals surface area contributed by atoms with Crippen LogP contribution in [0.3, 0.4) is 0 Å². The Labute approximate surface area is 165 Å². The maximum absolute atomic E-state index is 12.3. The topological polar surface area (TPSA) is 117 Å². The van der Waals surface area contributed by atoms with Crippen molar-refractivity contribution in [2.45, 2.75) is 46.3 Å². The van der Waals surface area contributed by atoms with Crippen LogP contribution in [-0.2, 0) is 35.5 Å². The quantitative estimate of drug-likeness (QED) is 0.281. The summed E-state index contributed by atoms with van der Waals surface area (Å²) in [6, 6.07) is 5.21. The molecule has 29 heavy (non-hydrogen) atoms. The molecular weight excluding hydrogens is 378 g/mol. The molecule has 4 rings (SSSR count). The van der Waals surface area contributed by atoms with Gasteiger partial charge in [0.25, 0.3) is 0 Å². The zero-order valence-corrected chi connectivity index (χ0v) is 16.1. The third-order valence-corrected chi connectivity index (χ3v) is 5.24. The van der Waals surface area contributed by atoms with Gasteiger partial charge in [0.1, 0.15) is 30.1 Å². The highest BCUT2D eigenvalue weighted by Gasteiger charge is 2.23. The molecular formula is C20H19N3O6. The van der Waals surface area contributed by atoms with E-state index in [1.807, 2.05) is 12.1 Å². The van der Waals surface area contributed by atoms with Gasteiger partial charge >= 0.3 is 17.3 Å². The first kappa shape index (κ1) is 18.9. The third-order valence-electron chi connectivity index (χ3n) is 5.24. The highest BCUT2D eigenvalue weighted by molar-refractivity contribution is 5.82. The van der Waals surface area contributed by atoms with Gasteiger partial charge in [-0.25, -0.2) is 4.79 Å². The average molecular weight is 397 g/mol. The highest BCUT2D eigenvalue weighted by Crippen LogP contribution is 2.29. The smallest absolute Gasteiger partial charge is 0.336 e. The number of nitrogens with zero attached hydrogens (tertiary/aromatic N) is 3. The normalized spacial score (nSPS) is 12.9. The predicted molar refractivity (Wildman–Crippen MR) is 103 cm³/mol. The lowest BCUT2D eigenvalue weighted by Crippen LogP contribution is -2.16. The molecule has 0 saturated carbocycles. The molecule has 150 valence electrons. The van der Waals surface area contributed by atoms with Crippen molar-refractivity contribution in [3.8, 4) is 0 Å². The molecule has 9 nitrogen and oxygen atoms in total. The SMILES string of the molecule is Cc1nn(CC(=O)OCc2cc(=O)oc3cc4c(cc23)CCC4)c(C)c1[N+](=O)[O-]. The van der Waals surface area contributed by atoms with Crippen LogP contribution in [0, 0.1) is 24.0 Å². The maximum Gasteiger partial charge on any atom is 0.336 e. The van der Waals surface area contributed by atoms with Crippen molar-refractivity contribution in [1.29, 1.82) is 0 Å². The fraction of sp³-hybridized carbons (Fsp3) is 0.350. The Morgan fingerprint density at radius 3 is 2.69 bits per heavy atom. The zero-order chi connectivity index (χ0) is 20.7. The number of aryl methyl sites for hydroxylation is 3. The van der Waals surface area contributed by atoms with Gasteiger partial charge in [-0.05, 0) is 56.4 Å². The Hall–Kier alpha value is -3.49. The fourth-order valence-corrected chi connectivity index (χ4v) is 3.85. The number of benzene rings is 1. The second kappa shape index (κ2) is 7.16. The summed E-state index contributed by atoms with van der Waals surface area (Å²) in [7, 11) is 0. The van der Waals surface area contributed by atoms with Gasteiger partial charge in [-0.1, -0.05) is 0 Å². The predicted octanol–water partition coefficient (Wildman–Crippen LogP) is 2.75. The van der Waals surface area contributed by atoms with Gasteiger partial charge in [-0.3, -0.25) is 19.6 Å². The van der Waals surface area contributed by atoms with Crippen molar-refractivity contribution in [3.63, 3.8) is 0 Å². The Balaban J connectivity index is 1.54. The van der Waals surface area contributed by atoms with Crippen LogP contribution in [0.15, 0.2) is 27.4 Å². The van der Waals surface area contributed by atoms with E-state index < -0.39 is 16.5 Å². The maximum atomic E-state index is 12.3. The summed E-state index contributed by atoms with van der Waals surface area (Å²) in [5.74, 6) is -0.604. The number of ether oxygens (including phenoxy) is 1. The van der Waals surface area contributed by atoms with Crippen LogP contribution in [0.25, 0.3) is 11.0 Å². The molecule has 0 aliphatic heterocycles. The van der Waals surface area contributed by atoms with Gasteiger partial charge in [0.15, 0.2) is 0 Å². The van der Waals surface area contributed by atoms with Crippen molar-refractivity contribution in [2.24, 2.45) is 0 Å². The van der Waals surface area contributed by atoms with Gasteiger partial charge in [0.05, 0.1) is 4.92 Å². The van der Waals surface area contributed by atoms with Crippen LogP contribution in [-0.4, -0.2) is 20.7 Å². The lowest BCUT2D eigenvalue weighted by atomic mass is 10.0. The minimum Gasteiger partial charge on any atom is -0.459 e. The third kappa shape index (κ3) is 3.51. The Morgan fingerprint density at radius 1 is 1.28 bits per heavy atom. The van der Waals surface area contributed by atoms with Crippen molar-refractivity contribution in [3.05, 3.63) is 66.8 Å². The Kier molecular flexibility index (Phi) is 4.65. The number of hydrogen-bond acceptors (Lipinski definition) is 7.